The lowest BCUT2D eigenvalue weighted by atomic mass is 9.94. The van der Waals surface area contributed by atoms with Gasteiger partial charge < -0.3 is 10.3 Å². The third-order valence-electron chi connectivity index (χ3n) is 4.14. The molecule has 1 aliphatic carbocycles. The maximum Gasteiger partial charge on any atom is 0.264 e. The van der Waals surface area contributed by atoms with E-state index in [1.807, 2.05) is 19.2 Å². The molecule has 0 aromatic carbocycles. The normalized spacial score (nSPS) is 15.7. The minimum atomic E-state index is -0.451. The average molecular weight is 344 g/mol. The van der Waals surface area contributed by atoms with Crippen LogP contribution in [-0.4, -0.2) is 26.9 Å². The van der Waals surface area contributed by atoms with Crippen molar-refractivity contribution in [3.05, 3.63) is 44.2 Å². The van der Waals surface area contributed by atoms with Crippen LogP contribution in [0.2, 0.25) is 0 Å². The van der Waals surface area contributed by atoms with E-state index in [1.54, 1.807) is 0 Å². The molecule has 7 heteroatoms. The van der Waals surface area contributed by atoms with Gasteiger partial charge in [-0.05, 0) is 39.5 Å². The predicted molar refractivity (Wildman–Crippen MR) is 94.2 cm³/mol. The fraction of sp³-hybridized carbons (Fsp3) is 0.412. The molecule has 0 fully saturated rings. The summed E-state index contributed by atoms with van der Waals surface area (Å²) in [5.41, 5.74) is 1.41. The van der Waals surface area contributed by atoms with Crippen LogP contribution >= 0.6 is 11.3 Å². The molecular weight excluding hydrogens is 324 g/mol. The summed E-state index contributed by atoms with van der Waals surface area (Å²) < 4.78 is 0. The third-order valence-corrected chi connectivity index (χ3v) is 4.91. The average Bonchev–Trinajstić information content (AvgIpc) is 3.02. The van der Waals surface area contributed by atoms with Gasteiger partial charge in [0.15, 0.2) is 5.82 Å². The molecule has 0 radical (unpaired) electrons. The Morgan fingerprint density at radius 1 is 1.42 bits per heavy atom. The molecule has 2 heterocycles. The third kappa shape index (κ3) is 3.62. The molecule has 0 unspecified atom stereocenters. The van der Waals surface area contributed by atoms with Crippen LogP contribution in [0.25, 0.3) is 11.5 Å². The van der Waals surface area contributed by atoms with Crippen molar-refractivity contribution in [1.82, 2.24) is 20.3 Å². The number of thiazole rings is 1. The first-order chi connectivity index (χ1) is 11.5. The number of hydrogen-bond acceptors (Lipinski definition) is 5. The van der Waals surface area contributed by atoms with Gasteiger partial charge in [0.1, 0.15) is 11.3 Å². The zero-order valence-electron chi connectivity index (χ0n) is 13.8. The summed E-state index contributed by atoms with van der Waals surface area (Å²) in [6.07, 6.45) is 7.91. The van der Waals surface area contributed by atoms with E-state index >= 15 is 0 Å². The lowest BCUT2D eigenvalue weighted by Crippen LogP contribution is -2.37. The number of hydrogen-bond donors (Lipinski definition) is 2. The van der Waals surface area contributed by atoms with Crippen molar-refractivity contribution in [3.63, 3.8) is 0 Å². The second-order valence-corrected chi connectivity index (χ2v) is 7.01. The Balaban J connectivity index is 1.75. The molecule has 1 atom stereocenters. The SMILES string of the molecule is Cc1nc(-c2ncc(C(=O)N[C@H](C)C3=CCCCC3)c(=O)[nH]2)cs1. The van der Waals surface area contributed by atoms with Crippen LogP contribution in [0.5, 0.6) is 0 Å². The second-order valence-electron chi connectivity index (χ2n) is 5.95. The summed E-state index contributed by atoms with van der Waals surface area (Å²) in [6.45, 7) is 3.83. The number of amides is 1. The second kappa shape index (κ2) is 7.09. The molecule has 24 heavy (non-hydrogen) atoms. The Labute approximate surface area is 144 Å². The van der Waals surface area contributed by atoms with Gasteiger partial charge in [0, 0.05) is 17.6 Å². The number of nitrogens with one attached hydrogen (secondary N) is 2. The van der Waals surface area contributed by atoms with Gasteiger partial charge in [-0.25, -0.2) is 9.97 Å². The molecule has 0 aliphatic heterocycles. The van der Waals surface area contributed by atoms with Crippen LogP contribution in [0, 0.1) is 6.92 Å². The summed E-state index contributed by atoms with van der Waals surface area (Å²) >= 11 is 1.48. The Morgan fingerprint density at radius 2 is 2.25 bits per heavy atom. The molecule has 126 valence electrons. The monoisotopic (exact) mass is 344 g/mol. The molecule has 6 nitrogen and oxygen atoms in total. The van der Waals surface area contributed by atoms with Crippen molar-refractivity contribution in [2.75, 3.05) is 0 Å². The Bertz CT molecular complexity index is 837. The van der Waals surface area contributed by atoms with Crippen LogP contribution in [0.15, 0.2) is 28.0 Å². The topological polar surface area (TPSA) is 87.7 Å². The highest BCUT2D eigenvalue weighted by Crippen LogP contribution is 2.20. The molecule has 1 amide bonds. The molecule has 0 bridgehead atoms. The fourth-order valence-corrected chi connectivity index (χ4v) is 3.38. The number of carbonyl (C=O) groups is 1. The minimum absolute atomic E-state index is 0.0222. The fourth-order valence-electron chi connectivity index (χ4n) is 2.78. The zero-order chi connectivity index (χ0) is 17.1. The highest BCUT2D eigenvalue weighted by molar-refractivity contribution is 7.09. The lowest BCUT2D eigenvalue weighted by molar-refractivity contribution is 0.0942. The summed E-state index contributed by atoms with van der Waals surface area (Å²) in [7, 11) is 0. The molecule has 0 saturated carbocycles. The standard InChI is InChI=1S/C17H20N4O2S/c1-10(12-6-4-3-5-7-12)19-16(22)13-8-18-15(21-17(13)23)14-9-24-11(2)20-14/h6,8-10H,3-5,7H2,1-2H3,(H,19,22)(H,18,21,23)/t10-/m1/s1. The van der Waals surface area contributed by atoms with E-state index < -0.39 is 11.5 Å². The van der Waals surface area contributed by atoms with Gasteiger partial charge in [0.25, 0.3) is 11.5 Å². The molecule has 2 N–H and O–H groups in total. The van der Waals surface area contributed by atoms with Gasteiger partial charge in [-0.1, -0.05) is 11.6 Å². The lowest BCUT2D eigenvalue weighted by Gasteiger charge is -2.20. The molecule has 0 saturated heterocycles. The summed E-state index contributed by atoms with van der Waals surface area (Å²) in [4.78, 5) is 35.7. The first-order valence-electron chi connectivity index (χ1n) is 8.06. The van der Waals surface area contributed by atoms with Crippen LogP contribution in [0.4, 0.5) is 0 Å². The van der Waals surface area contributed by atoms with Gasteiger partial charge in [0.2, 0.25) is 0 Å². The molecule has 1 aliphatic rings. The van der Waals surface area contributed by atoms with Crippen molar-refractivity contribution in [3.8, 4) is 11.5 Å². The van der Waals surface area contributed by atoms with E-state index in [4.69, 9.17) is 0 Å². The van der Waals surface area contributed by atoms with E-state index in [-0.39, 0.29) is 11.6 Å². The Hall–Kier alpha value is -2.28. The van der Waals surface area contributed by atoms with Gasteiger partial charge in [-0.3, -0.25) is 9.59 Å². The van der Waals surface area contributed by atoms with Gasteiger partial charge in [0.05, 0.1) is 5.01 Å². The maximum absolute atomic E-state index is 12.4. The van der Waals surface area contributed by atoms with Crippen LogP contribution < -0.4 is 10.9 Å². The molecular formula is C17H20N4O2S. The molecule has 2 aromatic rings. The van der Waals surface area contributed by atoms with E-state index in [2.05, 4.69) is 26.3 Å². The van der Waals surface area contributed by atoms with Crippen LogP contribution in [0.1, 0.15) is 48.0 Å². The van der Waals surface area contributed by atoms with Crippen molar-refractivity contribution in [2.45, 2.75) is 45.6 Å². The molecule has 2 aromatic heterocycles. The summed E-state index contributed by atoms with van der Waals surface area (Å²) in [5, 5.41) is 5.61. The number of aryl methyl sites for hydroxylation is 1. The van der Waals surface area contributed by atoms with Gasteiger partial charge in [-0.15, -0.1) is 11.3 Å². The minimum Gasteiger partial charge on any atom is -0.346 e. The Kier molecular flexibility index (Phi) is 4.89. The van der Waals surface area contributed by atoms with E-state index in [0.29, 0.717) is 11.5 Å². The maximum atomic E-state index is 12.4. The highest BCUT2D eigenvalue weighted by atomic mass is 32.1. The van der Waals surface area contributed by atoms with E-state index in [9.17, 15) is 9.59 Å². The number of aromatic amines is 1. The van der Waals surface area contributed by atoms with Crippen molar-refractivity contribution < 1.29 is 4.79 Å². The van der Waals surface area contributed by atoms with E-state index in [0.717, 1.165) is 24.3 Å². The van der Waals surface area contributed by atoms with E-state index in [1.165, 1.54) is 29.5 Å². The number of allylic oxidation sites excluding steroid dienone is 1. The number of rotatable bonds is 4. The number of nitrogens with zero attached hydrogens (tertiary/aromatic N) is 2. The number of aromatic nitrogens is 3. The predicted octanol–water partition coefficient (Wildman–Crippen LogP) is 2.82. The summed E-state index contributed by atoms with van der Waals surface area (Å²) in [5.74, 6) is -0.0207. The number of H-pyrrole nitrogens is 1. The number of carbonyl (C=O) groups excluding carboxylic acids is 1. The first-order valence-corrected chi connectivity index (χ1v) is 8.94. The quantitative estimate of drug-likeness (QED) is 0.835. The first kappa shape index (κ1) is 16.6. The molecule has 3 rings (SSSR count). The van der Waals surface area contributed by atoms with Crippen LogP contribution in [-0.2, 0) is 0 Å². The van der Waals surface area contributed by atoms with Gasteiger partial charge in [-0.2, -0.15) is 0 Å². The van der Waals surface area contributed by atoms with Crippen molar-refractivity contribution in [2.24, 2.45) is 0 Å². The largest absolute Gasteiger partial charge is 0.346 e. The van der Waals surface area contributed by atoms with Crippen molar-refractivity contribution >= 4 is 17.2 Å². The van der Waals surface area contributed by atoms with Gasteiger partial charge >= 0.3 is 0 Å². The van der Waals surface area contributed by atoms with Crippen molar-refractivity contribution in [1.29, 1.82) is 0 Å². The Morgan fingerprint density at radius 3 is 2.88 bits per heavy atom. The highest BCUT2D eigenvalue weighted by Gasteiger charge is 2.18. The molecule has 0 spiro atoms. The zero-order valence-corrected chi connectivity index (χ0v) is 14.6. The van der Waals surface area contributed by atoms with Crippen LogP contribution in [0.3, 0.4) is 0 Å². The summed E-state index contributed by atoms with van der Waals surface area (Å²) in [6, 6.07) is -0.0712. The smallest absolute Gasteiger partial charge is 0.264 e.